The van der Waals surface area contributed by atoms with Crippen molar-refractivity contribution >= 4 is 27.2 Å². The Morgan fingerprint density at radius 2 is 1.27 bits per heavy atom. The van der Waals surface area contributed by atoms with E-state index in [0.717, 1.165) is 5.82 Å². The molecule has 0 amide bonds. The Balaban J connectivity index is 0.000000174. The highest BCUT2D eigenvalue weighted by Gasteiger charge is 2.37. The first-order valence-corrected chi connectivity index (χ1v) is 16.2. The number of allylic oxidation sites excluding steroid dienone is 2. The molecule has 0 aliphatic heterocycles. The van der Waals surface area contributed by atoms with Crippen LogP contribution in [0.5, 0.6) is 0 Å². The standard InChI is InChI=1S/C21H24N2Si.C15H15B/c1-3-18(2)16-24-21(23-15-14-22-17-23,19-10-6-4-7-11-19)20-12-8-5-9-13-20;1-3-7-13(8-4-1)16(15-11-12-15)14-9-5-2-6-10-14/h3-15,17H,16,24H2,1-2H3;1-10,15H,11-12H2. The van der Waals surface area contributed by atoms with Crippen molar-refractivity contribution in [3.05, 3.63) is 163 Å². The molecule has 0 radical (unpaired) electrons. The molecule has 0 unspecified atom stereocenters. The van der Waals surface area contributed by atoms with Gasteiger partial charge in [0.15, 0.2) is 0 Å². The summed E-state index contributed by atoms with van der Waals surface area (Å²) in [6.45, 7) is 4.98. The average molecular weight is 539 g/mol. The van der Waals surface area contributed by atoms with E-state index in [2.05, 4.69) is 157 Å². The van der Waals surface area contributed by atoms with E-state index in [9.17, 15) is 0 Å². The molecule has 4 heteroatoms. The fourth-order valence-corrected chi connectivity index (χ4v) is 8.34. The van der Waals surface area contributed by atoms with Crippen LogP contribution in [-0.2, 0) is 5.16 Å². The smallest absolute Gasteiger partial charge is 0.212 e. The molecule has 0 bridgehead atoms. The molecule has 0 spiro atoms. The van der Waals surface area contributed by atoms with E-state index in [4.69, 9.17) is 0 Å². The Morgan fingerprint density at radius 1 is 0.800 bits per heavy atom. The van der Waals surface area contributed by atoms with Crippen molar-refractivity contribution in [3.8, 4) is 0 Å². The molecule has 1 heterocycles. The van der Waals surface area contributed by atoms with Gasteiger partial charge in [-0.05, 0) is 31.0 Å². The van der Waals surface area contributed by atoms with E-state index in [1.807, 2.05) is 12.5 Å². The van der Waals surface area contributed by atoms with Gasteiger partial charge in [0, 0.05) is 12.4 Å². The highest BCUT2D eigenvalue weighted by Crippen LogP contribution is 2.38. The van der Waals surface area contributed by atoms with Gasteiger partial charge in [-0.3, -0.25) is 0 Å². The molecular weight excluding hydrogens is 499 g/mol. The minimum Gasteiger partial charge on any atom is -0.327 e. The van der Waals surface area contributed by atoms with Crippen LogP contribution in [-0.4, -0.2) is 25.8 Å². The van der Waals surface area contributed by atoms with Crippen LogP contribution in [0.2, 0.25) is 11.9 Å². The molecule has 2 nitrogen and oxygen atoms in total. The molecule has 1 aliphatic rings. The van der Waals surface area contributed by atoms with E-state index in [1.165, 1.54) is 46.5 Å². The molecule has 6 rings (SSSR count). The Bertz CT molecular complexity index is 1370. The summed E-state index contributed by atoms with van der Waals surface area (Å²) in [5, 5.41) is -0.108. The fraction of sp³-hybridized carbons (Fsp3) is 0.194. The second-order valence-electron chi connectivity index (χ2n) is 10.8. The number of hydrogen-bond acceptors (Lipinski definition) is 1. The summed E-state index contributed by atoms with van der Waals surface area (Å²) >= 11 is 0. The number of benzene rings is 4. The molecule has 5 aromatic rings. The Morgan fingerprint density at radius 3 is 1.68 bits per heavy atom. The zero-order chi connectivity index (χ0) is 27.6. The molecule has 1 saturated carbocycles. The summed E-state index contributed by atoms with van der Waals surface area (Å²) in [7, 11) is -0.551. The number of hydrogen-bond donors (Lipinski definition) is 0. The summed E-state index contributed by atoms with van der Waals surface area (Å²) in [5.41, 5.74) is 7.11. The monoisotopic (exact) mass is 538 g/mol. The summed E-state index contributed by atoms with van der Waals surface area (Å²) in [6.07, 6.45) is 11.0. The van der Waals surface area contributed by atoms with Crippen molar-refractivity contribution in [2.45, 2.75) is 43.7 Å². The van der Waals surface area contributed by atoms with Gasteiger partial charge in [-0.1, -0.05) is 163 Å². The first kappa shape index (κ1) is 27.7. The molecule has 0 N–H and O–H groups in total. The van der Waals surface area contributed by atoms with Crippen LogP contribution in [0.25, 0.3) is 0 Å². The lowest BCUT2D eigenvalue weighted by atomic mass is 9.37. The summed E-state index contributed by atoms with van der Waals surface area (Å²) in [6, 6.07) is 44.8. The molecule has 1 aromatic heterocycles. The van der Waals surface area contributed by atoms with Crippen LogP contribution >= 0.6 is 0 Å². The molecule has 0 atom stereocenters. The Hall–Kier alpha value is -3.89. The highest BCUT2D eigenvalue weighted by atomic mass is 28.2. The predicted molar refractivity (Wildman–Crippen MR) is 175 cm³/mol. The van der Waals surface area contributed by atoms with Gasteiger partial charge >= 0.3 is 0 Å². The lowest BCUT2D eigenvalue weighted by Crippen LogP contribution is -2.42. The normalized spacial score (nSPS) is 13.6. The van der Waals surface area contributed by atoms with Crippen LogP contribution in [0, 0.1) is 0 Å². The topological polar surface area (TPSA) is 17.8 Å². The van der Waals surface area contributed by atoms with Crippen LogP contribution in [0.3, 0.4) is 0 Å². The van der Waals surface area contributed by atoms with Gasteiger partial charge in [-0.25, -0.2) is 4.98 Å². The lowest BCUT2D eigenvalue weighted by molar-refractivity contribution is 0.592. The van der Waals surface area contributed by atoms with Crippen LogP contribution in [0.4, 0.5) is 0 Å². The Kier molecular flexibility index (Phi) is 9.31. The first-order valence-electron chi connectivity index (χ1n) is 14.5. The molecule has 200 valence electrons. The van der Waals surface area contributed by atoms with Gasteiger partial charge in [0.05, 0.1) is 21.0 Å². The molecule has 0 saturated heterocycles. The van der Waals surface area contributed by atoms with E-state index < -0.39 is 9.52 Å². The van der Waals surface area contributed by atoms with Gasteiger partial charge in [-0.2, -0.15) is 0 Å². The number of imidazole rings is 1. The minimum absolute atomic E-state index is 0.108. The maximum Gasteiger partial charge on any atom is 0.212 e. The summed E-state index contributed by atoms with van der Waals surface area (Å²) in [5.74, 6) is 0.866. The number of aromatic nitrogens is 2. The zero-order valence-electron chi connectivity index (χ0n) is 23.7. The van der Waals surface area contributed by atoms with E-state index in [0.29, 0.717) is 6.71 Å². The van der Waals surface area contributed by atoms with Crippen LogP contribution in [0.1, 0.15) is 37.8 Å². The zero-order valence-corrected chi connectivity index (χ0v) is 25.1. The quantitative estimate of drug-likeness (QED) is 0.152. The third-order valence-electron chi connectivity index (χ3n) is 8.23. The van der Waals surface area contributed by atoms with E-state index >= 15 is 0 Å². The van der Waals surface area contributed by atoms with Gasteiger partial charge < -0.3 is 4.57 Å². The van der Waals surface area contributed by atoms with Gasteiger partial charge in [-0.15, -0.1) is 0 Å². The maximum absolute atomic E-state index is 4.36. The van der Waals surface area contributed by atoms with Crippen molar-refractivity contribution in [1.29, 1.82) is 0 Å². The SMILES string of the molecule is CC=C(C)C[SiH2]C(c1ccccc1)(c1ccccc1)n1ccnc1.c1ccc(B(c2ccccc2)C2CC2)cc1. The Labute approximate surface area is 242 Å². The predicted octanol–water partition coefficient (Wildman–Crippen LogP) is 6.65. The van der Waals surface area contributed by atoms with Crippen LogP contribution in [0.15, 0.2) is 152 Å². The highest BCUT2D eigenvalue weighted by molar-refractivity contribution is 6.86. The molecule has 40 heavy (non-hydrogen) atoms. The fourth-order valence-electron chi connectivity index (χ4n) is 5.80. The molecule has 1 aliphatic carbocycles. The van der Waals surface area contributed by atoms with Gasteiger partial charge in [0.1, 0.15) is 0 Å². The van der Waals surface area contributed by atoms with Crippen molar-refractivity contribution in [2.75, 3.05) is 0 Å². The van der Waals surface area contributed by atoms with Crippen LogP contribution < -0.4 is 10.9 Å². The van der Waals surface area contributed by atoms with E-state index in [1.54, 1.807) is 0 Å². The average Bonchev–Trinajstić information content (AvgIpc) is 3.71. The second-order valence-corrected chi connectivity index (χ2v) is 12.9. The van der Waals surface area contributed by atoms with Crippen molar-refractivity contribution in [1.82, 2.24) is 9.55 Å². The minimum atomic E-state index is -0.551. The third kappa shape index (κ3) is 6.46. The maximum atomic E-state index is 4.36. The molecule has 4 aromatic carbocycles. The number of nitrogens with zero attached hydrogens (tertiary/aromatic N) is 2. The molecular formula is C36H39BN2Si. The third-order valence-corrected chi connectivity index (χ3v) is 11.2. The summed E-state index contributed by atoms with van der Waals surface area (Å²) in [4.78, 5) is 4.36. The van der Waals surface area contributed by atoms with Crippen molar-refractivity contribution < 1.29 is 0 Å². The van der Waals surface area contributed by atoms with Crippen molar-refractivity contribution in [2.24, 2.45) is 0 Å². The first-order chi connectivity index (χ1) is 19.7. The summed E-state index contributed by atoms with van der Waals surface area (Å²) < 4.78 is 2.31. The van der Waals surface area contributed by atoms with E-state index in [-0.39, 0.29) is 5.16 Å². The van der Waals surface area contributed by atoms with Gasteiger partial charge in [0.2, 0.25) is 6.71 Å². The number of rotatable bonds is 9. The van der Waals surface area contributed by atoms with Crippen molar-refractivity contribution in [3.63, 3.8) is 0 Å². The van der Waals surface area contributed by atoms with Gasteiger partial charge in [0.25, 0.3) is 0 Å². The molecule has 1 fully saturated rings. The lowest BCUT2D eigenvalue weighted by Gasteiger charge is -2.37. The largest absolute Gasteiger partial charge is 0.327 e. The second kappa shape index (κ2) is 13.5.